The van der Waals surface area contributed by atoms with E-state index in [9.17, 15) is 0 Å². The number of nitrogens with zero attached hydrogens (tertiary/aromatic N) is 1. The van der Waals surface area contributed by atoms with Gasteiger partial charge in [0, 0.05) is 24.3 Å². The second-order valence-corrected chi connectivity index (χ2v) is 5.92. The van der Waals surface area contributed by atoms with Gasteiger partial charge in [-0.2, -0.15) is 5.26 Å². The lowest BCUT2D eigenvalue weighted by atomic mass is 10.1. The summed E-state index contributed by atoms with van der Waals surface area (Å²) in [6.07, 6.45) is 0.281. The van der Waals surface area contributed by atoms with Crippen molar-refractivity contribution in [3.8, 4) is 17.6 Å². The average Bonchev–Trinajstić information content (AvgIpc) is 2.64. The summed E-state index contributed by atoms with van der Waals surface area (Å²) in [5.74, 6) is 1.43. The molecule has 7 heteroatoms. The van der Waals surface area contributed by atoms with Gasteiger partial charge >= 0.3 is 0 Å². The number of hydrogen-bond donors (Lipinski definition) is 0. The van der Waals surface area contributed by atoms with Gasteiger partial charge in [0.05, 0.1) is 12.5 Å². The molecule has 0 aliphatic rings. The first-order chi connectivity index (χ1) is 12.5. The molecule has 0 amide bonds. The topological polar surface area (TPSA) is 60.7 Å². The lowest BCUT2D eigenvalue weighted by Gasteiger charge is -2.06. The van der Waals surface area contributed by atoms with Crippen molar-refractivity contribution in [2.24, 2.45) is 0 Å². The smallest absolute Gasteiger partial charge is 0.188 e. The number of nitriles is 1. The van der Waals surface area contributed by atoms with Crippen molar-refractivity contribution in [1.82, 2.24) is 0 Å². The molecule has 0 saturated carbocycles. The summed E-state index contributed by atoms with van der Waals surface area (Å²) in [6, 6.07) is 12.7. The molecule has 5 nitrogen and oxygen atoms in total. The number of hydrogen-bond acceptors (Lipinski definition) is 5. The van der Waals surface area contributed by atoms with Crippen LogP contribution >= 0.6 is 23.2 Å². The fourth-order valence-electron chi connectivity index (χ4n) is 1.82. The fraction of sp³-hybridized carbons (Fsp3) is 0.316. The van der Waals surface area contributed by atoms with Crippen molar-refractivity contribution >= 4 is 23.2 Å². The van der Waals surface area contributed by atoms with Crippen LogP contribution in [-0.4, -0.2) is 27.8 Å². The summed E-state index contributed by atoms with van der Waals surface area (Å²) in [5.41, 5.74) is 1.77. The minimum Gasteiger partial charge on any atom is -0.468 e. The molecule has 0 fully saturated rings. The third-order valence-electron chi connectivity index (χ3n) is 3.10. The maximum Gasteiger partial charge on any atom is 0.188 e. The number of rotatable bonds is 7. The van der Waals surface area contributed by atoms with Crippen molar-refractivity contribution in [2.75, 3.05) is 27.8 Å². The first kappa shape index (κ1) is 22.1. The molecule has 2 aromatic carbocycles. The van der Waals surface area contributed by atoms with Gasteiger partial charge in [0.15, 0.2) is 13.6 Å². The minimum atomic E-state index is 0.188. The molecule has 0 aromatic heterocycles. The Labute approximate surface area is 164 Å². The van der Waals surface area contributed by atoms with Gasteiger partial charge in [0.1, 0.15) is 11.5 Å². The van der Waals surface area contributed by atoms with Crippen molar-refractivity contribution in [3.05, 3.63) is 57.6 Å². The zero-order valence-electron chi connectivity index (χ0n) is 14.9. The molecule has 0 saturated heterocycles. The molecule has 0 atom stereocenters. The summed E-state index contributed by atoms with van der Waals surface area (Å²) in [4.78, 5) is 0. The predicted octanol–water partition coefficient (Wildman–Crippen LogP) is 5.02. The van der Waals surface area contributed by atoms with Gasteiger partial charge in [0.2, 0.25) is 0 Å². The Bertz CT molecular complexity index is 732. The molecule has 0 spiro atoms. The van der Waals surface area contributed by atoms with Crippen LogP contribution in [-0.2, 0) is 15.9 Å². The van der Waals surface area contributed by atoms with Gasteiger partial charge in [0.25, 0.3) is 0 Å². The minimum absolute atomic E-state index is 0.188. The summed E-state index contributed by atoms with van der Waals surface area (Å²) < 4.78 is 19.9. The van der Waals surface area contributed by atoms with Gasteiger partial charge in [-0.05, 0) is 54.4 Å². The van der Waals surface area contributed by atoms with Gasteiger partial charge in [-0.3, -0.25) is 0 Å². The van der Waals surface area contributed by atoms with Crippen LogP contribution in [0.15, 0.2) is 36.4 Å². The molecule has 0 N–H and O–H groups in total. The SMILES string of the molecule is COCOc1ccc(Cl)c(C)c1.COCOc1ccc(Cl)c(CC#N)c1. The van der Waals surface area contributed by atoms with Crippen LogP contribution in [0.1, 0.15) is 11.1 Å². The normalized spacial score (nSPS) is 9.69. The van der Waals surface area contributed by atoms with E-state index in [0.717, 1.165) is 21.9 Å². The number of aryl methyl sites for hydroxylation is 1. The Hall–Kier alpha value is -1.97. The highest BCUT2D eigenvalue weighted by molar-refractivity contribution is 6.31. The van der Waals surface area contributed by atoms with Crippen molar-refractivity contribution in [2.45, 2.75) is 13.3 Å². The first-order valence-electron chi connectivity index (χ1n) is 7.66. The first-order valence-corrected chi connectivity index (χ1v) is 8.42. The van der Waals surface area contributed by atoms with Crippen LogP contribution in [0.4, 0.5) is 0 Å². The highest BCUT2D eigenvalue weighted by Crippen LogP contribution is 2.22. The number of methoxy groups -OCH3 is 2. The molecule has 0 unspecified atom stereocenters. The average molecular weight is 398 g/mol. The summed E-state index contributed by atoms with van der Waals surface area (Å²) in [7, 11) is 3.13. The van der Waals surface area contributed by atoms with E-state index in [1.54, 1.807) is 32.4 Å². The maximum absolute atomic E-state index is 8.54. The van der Waals surface area contributed by atoms with Gasteiger partial charge in [-0.15, -0.1) is 0 Å². The van der Waals surface area contributed by atoms with Crippen molar-refractivity contribution < 1.29 is 18.9 Å². The van der Waals surface area contributed by atoms with E-state index < -0.39 is 0 Å². The third kappa shape index (κ3) is 7.94. The fourth-order valence-corrected chi connectivity index (χ4v) is 2.12. The lowest BCUT2D eigenvalue weighted by Crippen LogP contribution is -1.99. The molecule has 0 bridgehead atoms. The Morgan fingerprint density at radius 1 is 0.885 bits per heavy atom. The van der Waals surface area contributed by atoms with Crippen LogP contribution in [0.5, 0.6) is 11.5 Å². The predicted molar refractivity (Wildman–Crippen MR) is 102 cm³/mol. The highest BCUT2D eigenvalue weighted by atomic mass is 35.5. The molecular formula is C19H21Cl2NO4. The molecular weight excluding hydrogens is 377 g/mol. The summed E-state index contributed by atoms with van der Waals surface area (Å²) in [6.45, 7) is 2.39. The molecule has 0 heterocycles. The molecule has 0 aliphatic heterocycles. The van der Waals surface area contributed by atoms with Crippen molar-refractivity contribution in [3.63, 3.8) is 0 Å². The number of benzene rings is 2. The second-order valence-electron chi connectivity index (χ2n) is 5.10. The van der Waals surface area contributed by atoms with Crippen LogP contribution in [0.3, 0.4) is 0 Å². The van der Waals surface area contributed by atoms with Gasteiger partial charge in [-0.25, -0.2) is 0 Å². The molecule has 140 valence electrons. The molecule has 2 rings (SSSR count). The van der Waals surface area contributed by atoms with Crippen LogP contribution in [0, 0.1) is 18.3 Å². The largest absolute Gasteiger partial charge is 0.468 e. The Morgan fingerprint density at radius 3 is 1.92 bits per heavy atom. The van der Waals surface area contributed by atoms with Gasteiger partial charge < -0.3 is 18.9 Å². The Morgan fingerprint density at radius 2 is 1.42 bits per heavy atom. The van der Waals surface area contributed by atoms with Crippen LogP contribution in [0.2, 0.25) is 10.0 Å². The van der Waals surface area contributed by atoms with E-state index in [-0.39, 0.29) is 20.0 Å². The van der Waals surface area contributed by atoms with Gasteiger partial charge in [-0.1, -0.05) is 23.2 Å². The molecule has 0 aliphatic carbocycles. The summed E-state index contributed by atoms with van der Waals surface area (Å²) >= 11 is 11.7. The highest BCUT2D eigenvalue weighted by Gasteiger charge is 2.02. The molecule has 26 heavy (non-hydrogen) atoms. The molecule has 0 radical (unpaired) electrons. The zero-order chi connectivity index (χ0) is 19.4. The quantitative estimate of drug-likeness (QED) is 0.613. The van der Waals surface area contributed by atoms with E-state index in [1.165, 1.54) is 0 Å². The Kier molecular flexibility index (Phi) is 10.5. The summed E-state index contributed by atoms with van der Waals surface area (Å²) in [5, 5.41) is 9.87. The molecule has 2 aromatic rings. The van der Waals surface area contributed by atoms with E-state index in [4.69, 9.17) is 47.4 Å². The van der Waals surface area contributed by atoms with Crippen LogP contribution in [0.25, 0.3) is 0 Å². The monoisotopic (exact) mass is 397 g/mol. The van der Waals surface area contributed by atoms with Crippen LogP contribution < -0.4 is 9.47 Å². The number of ether oxygens (including phenoxy) is 4. The third-order valence-corrected chi connectivity index (χ3v) is 3.90. The zero-order valence-corrected chi connectivity index (χ0v) is 16.4. The van der Waals surface area contributed by atoms with E-state index in [2.05, 4.69) is 0 Å². The maximum atomic E-state index is 8.54. The van der Waals surface area contributed by atoms with E-state index in [1.807, 2.05) is 31.2 Å². The Balaban J connectivity index is 0.000000263. The second kappa shape index (κ2) is 12.4. The van der Waals surface area contributed by atoms with E-state index >= 15 is 0 Å². The number of halogens is 2. The van der Waals surface area contributed by atoms with E-state index in [0.29, 0.717) is 10.8 Å². The standard InChI is InChI=1S/C10H10ClNO2.C9H11ClO2/c1-13-7-14-9-2-3-10(11)8(6-9)4-5-12;1-7-5-8(12-6-11-2)3-4-9(7)10/h2-3,6H,4,7H2,1H3;3-5H,6H2,1-2H3. The van der Waals surface area contributed by atoms with Crippen molar-refractivity contribution in [1.29, 1.82) is 5.26 Å². The lowest BCUT2D eigenvalue weighted by molar-refractivity contribution is 0.0509.